The number of carbonyl (C=O) groups is 2. The number of hydrogen-bond donors (Lipinski definition) is 1. The summed E-state index contributed by atoms with van der Waals surface area (Å²) in [5, 5.41) is 3.83. The lowest BCUT2D eigenvalue weighted by Crippen LogP contribution is -2.58. The van der Waals surface area contributed by atoms with Gasteiger partial charge >= 0.3 is 0 Å². The van der Waals surface area contributed by atoms with Crippen molar-refractivity contribution >= 4 is 23.4 Å². The van der Waals surface area contributed by atoms with E-state index in [9.17, 15) is 9.59 Å². The van der Waals surface area contributed by atoms with Crippen molar-refractivity contribution in [3.63, 3.8) is 0 Å². The van der Waals surface area contributed by atoms with E-state index in [2.05, 4.69) is 22.3 Å². The molecule has 1 N–H and O–H groups in total. The SMILES string of the molecule is O=C(NCCc1ccccc1)[C@@H](C1CCCC1)N1CCN(C(=O)COc2ccc(Cl)cc2)CC1. The number of hydrogen-bond acceptors (Lipinski definition) is 4. The van der Waals surface area contributed by atoms with E-state index in [4.69, 9.17) is 16.3 Å². The Labute approximate surface area is 207 Å². The van der Waals surface area contributed by atoms with Crippen molar-refractivity contribution in [2.24, 2.45) is 5.92 Å². The van der Waals surface area contributed by atoms with Gasteiger partial charge in [0.25, 0.3) is 5.91 Å². The molecule has 2 aliphatic rings. The third-order valence-electron chi connectivity index (χ3n) is 6.91. The lowest BCUT2D eigenvalue weighted by atomic mass is 9.95. The van der Waals surface area contributed by atoms with Crippen molar-refractivity contribution in [2.45, 2.75) is 38.1 Å². The summed E-state index contributed by atoms with van der Waals surface area (Å²) in [6, 6.07) is 17.1. The van der Waals surface area contributed by atoms with Crippen LogP contribution in [0.1, 0.15) is 31.2 Å². The van der Waals surface area contributed by atoms with Crippen LogP contribution in [0.4, 0.5) is 0 Å². The van der Waals surface area contributed by atoms with Gasteiger partial charge in [-0.3, -0.25) is 14.5 Å². The lowest BCUT2D eigenvalue weighted by molar-refractivity contribution is -0.137. The molecule has 0 bridgehead atoms. The van der Waals surface area contributed by atoms with Crippen LogP contribution in [-0.2, 0) is 16.0 Å². The highest BCUT2D eigenvalue weighted by molar-refractivity contribution is 6.30. The van der Waals surface area contributed by atoms with Gasteiger partial charge < -0.3 is 15.0 Å². The van der Waals surface area contributed by atoms with E-state index >= 15 is 0 Å². The molecular formula is C27H34ClN3O3. The summed E-state index contributed by atoms with van der Waals surface area (Å²) < 4.78 is 5.62. The Balaban J connectivity index is 1.27. The molecular weight excluding hydrogens is 450 g/mol. The number of halogens is 1. The van der Waals surface area contributed by atoms with Gasteiger partial charge in [0.15, 0.2) is 6.61 Å². The molecule has 1 saturated heterocycles. The third kappa shape index (κ3) is 6.73. The van der Waals surface area contributed by atoms with Crippen LogP contribution < -0.4 is 10.1 Å². The zero-order valence-corrected chi connectivity index (χ0v) is 20.4. The van der Waals surface area contributed by atoms with E-state index in [1.165, 1.54) is 18.4 Å². The summed E-state index contributed by atoms with van der Waals surface area (Å²) in [5.41, 5.74) is 1.23. The van der Waals surface area contributed by atoms with E-state index < -0.39 is 0 Å². The van der Waals surface area contributed by atoms with E-state index in [1.54, 1.807) is 24.3 Å². The number of carbonyl (C=O) groups excluding carboxylic acids is 2. The molecule has 0 spiro atoms. The fraction of sp³-hybridized carbons (Fsp3) is 0.481. The van der Waals surface area contributed by atoms with E-state index in [0.717, 1.165) is 19.3 Å². The number of nitrogens with one attached hydrogen (secondary N) is 1. The van der Waals surface area contributed by atoms with Crippen LogP contribution in [0.2, 0.25) is 5.02 Å². The second-order valence-corrected chi connectivity index (χ2v) is 9.61. The zero-order chi connectivity index (χ0) is 23.8. The number of nitrogens with zero attached hydrogens (tertiary/aromatic N) is 2. The van der Waals surface area contributed by atoms with Gasteiger partial charge in [-0.25, -0.2) is 0 Å². The van der Waals surface area contributed by atoms with Crippen molar-refractivity contribution in [3.8, 4) is 5.75 Å². The fourth-order valence-corrected chi connectivity index (χ4v) is 5.17. The van der Waals surface area contributed by atoms with Gasteiger partial charge in [-0.05, 0) is 55.0 Å². The maximum absolute atomic E-state index is 13.3. The summed E-state index contributed by atoms with van der Waals surface area (Å²) in [6.45, 7) is 3.30. The first kappa shape index (κ1) is 24.6. The lowest BCUT2D eigenvalue weighted by Gasteiger charge is -2.40. The van der Waals surface area contributed by atoms with Crippen LogP contribution in [0, 0.1) is 5.92 Å². The summed E-state index contributed by atoms with van der Waals surface area (Å²) in [7, 11) is 0. The van der Waals surface area contributed by atoms with E-state index in [1.807, 2.05) is 23.1 Å². The molecule has 0 unspecified atom stereocenters. The highest BCUT2D eigenvalue weighted by atomic mass is 35.5. The van der Waals surface area contributed by atoms with Crippen LogP contribution in [0.25, 0.3) is 0 Å². The summed E-state index contributed by atoms with van der Waals surface area (Å²) >= 11 is 5.90. The fourth-order valence-electron chi connectivity index (χ4n) is 5.05. The monoisotopic (exact) mass is 483 g/mol. The molecule has 1 heterocycles. The summed E-state index contributed by atoms with van der Waals surface area (Å²) in [6.07, 6.45) is 5.42. The minimum atomic E-state index is -0.110. The maximum atomic E-state index is 13.3. The highest BCUT2D eigenvalue weighted by Gasteiger charge is 2.37. The largest absolute Gasteiger partial charge is 0.484 e. The molecule has 1 aliphatic heterocycles. The average Bonchev–Trinajstić information content (AvgIpc) is 3.39. The molecule has 182 valence electrons. The Hall–Kier alpha value is -2.57. The standard InChI is InChI=1S/C27H34ClN3O3/c28-23-10-12-24(13-11-23)34-20-25(32)30-16-18-31(19-17-30)26(22-8-4-5-9-22)27(33)29-15-14-21-6-2-1-3-7-21/h1-3,6-7,10-13,22,26H,4-5,8-9,14-20H2,(H,29,33)/t26-/m1/s1. The van der Waals surface area contributed by atoms with Crippen molar-refractivity contribution in [2.75, 3.05) is 39.3 Å². The Morgan fingerprint density at radius 1 is 0.971 bits per heavy atom. The Morgan fingerprint density at radius 3 is 2.32 bits per heavy atom. The number of ether oxygens (including phenoxy) is 1. The van der Waals surface area contributed by atoms with E-state index in [0.29, 0.717) is 49.4 Å². The van der Waals surface area contributed by atoms with Gasteiger partial charge in [0.2, 0.25) is 5.91 Å². The predicted molar refractivity (Wildman–Crippen MR) is 134 cm³/mol. The van der Waals surface area contributed by atoms with Gasteiger partial charge in [0.1, 0.15) is 5.75 Å². The third-order valence-corrected chi connectivity index (χ3v) is 7.16. The Morgan fingerprint density at radius 2 is 1.65 bits per heavy atom. The minimum absolute atomic E-state index is 0.00760. The Bertz CT molecular complexity index is 924. The average molecular weight is 484 g/mol. The van der Waals surface area contributed by atoms with Crippen molar-refractivity contribution in [1.82, 2.24) is 15.1 Å². The van der Waals surface area contributed by atoms with Gasteiger partial charge in [-0.2, -0.15) is 0 Å². The topological polar surface area (TPSA) is 61.9 Å². The molecule has 2 aromatic carbocycles. The van der Waals surface area contributed by atoms with E-state index in [-0.39, 0.29) is 24.5 Å². The quantitative estimate of drug-likeness (QED) is 0.589. The highest BCUT2D eigenvalue weighted by Crippen LogP contribution is 2.31. The Kier molecular flexibility index (Phi) is 8.83. The molecule has 2 amide bonds. The molecule has 6 nitrogen and oxygen atoms in total. The van der Waals surface area contributed by atoms with Crippen LogP contribution in [0.15, 0.2) is 54.6 Å². The van der Waals surface area contributed by atoms with Crippen LogP contribution >= 0.6 is 11.6 Å². The molecule has 0 aromatic heterocycles. The molecule has 34 heavy (non-hydrogen) atoms. The molecule has 4 rings (SSSR count). The second-order valence-electron chi connectivity index (χ2n) is 9.18. The molecule has 2 fully saturated rings. The van der Waals surface area contributed by atoms with Crippen LogP contribution in [-0.4, -0.2) is 67.0 Å². The number of piperazine rings is 1. The first-order valence-electron chi connectivity index (χ1n) is 12.3. The summed E-state index contributed by atoms with van der Waals surface area (Å²) in [5.74, 6) is 1.13. The van der Waals surface area contributed by atoms with Crippen molar-refractivity contribution in [1.29, 1.82) is 0 Å². The van der Waals surface area contributed by atoms with Gasteiger partial charge in [0.05, 0.1) is 6.04 Å². The molecule has 0 radical (unpaired) electrons. The first-order chi connectivity index (χ1) is 16.6. The first-order valence-corrected chi connectivity index (χ1v) is 12.7. The van der Waals surface area contributed by atoms with Gasteiger partial charge in [0, 0.05) is 37.7 Å². The van der Waals surface area contributed by atoms with Gasteiger partial charge in [-0.15, -0.1) is 0 Å². The van der Waals surface area contributed by atoms with Crippen LogP contribution in [0.3, 0.4) is 0 Å². The second kappa shape index (κ2) is 12.2. The molecule has 7 heteroatoms. The van der Waals surface area contributed by atoms with Gasteiger partial charge in [-0.1, -0.05) is 54.8 Å². The maximum Gasteiger partial charge on any atom is 0.260 e. The van der Waals surface area contributed by atoms with Crippen molar-refractivity contribution in [3.05, 3.63) is 65.2 Å². The normalized spacial score (nSPS) is 18.0. The number of benzene rings is 2. The molecule has 1 atom stereocenters. The van der Waals surface area contributed by atoms with Crippen LogP contribution in [0.5, 0.6) is 5.75 Å². The minimum Gasteiger partial charge on any atom is -0.484 e. The zero-order valence-electron chi connectivity index (χ0n) is 19.6. The van der Waals surface area contributed by atoms with Crippen molar-refractivity contribution < 1.29 is 14.3 Å². The number of rotatable bonds is 9. The number of amides is 2. The predicted octanol–water partition coefficient (Wildman–Crippen LogP) is 3.78. The summed E-state index contributed by atoms with van der Waals surface area (Å²) in [4.78, 5) is 30.0. The molecule has 1 aliphatic carbocycles. The molecule has 2 aromatic rings. The smallest absolute Gasteiger partial charge is 0.260 e. The molecule has 1 saturated carbocycles.